The van der Waals surface area contributed by atoms with Crippen molar-refractivity contribution < 1.29 is 0 Å². The maximum Gasteiger partial charge on any atom is 0.271 e. The summed E-state index contributed by atoms with van der Waals surface area (Å²) < 4.78 is 0. The third-order valence-electron chi connectivity index (χ3n) is 1.99. The van der Waals surface area contributed by atoms with E-state index in [-0.39, 0.29) is 16.6 Å². The first-order valence-electron chi connectivity index (χ1n) is 4.62. The van der Waals surface area contributed by atoms with Gasteiger partial charge in [-0.3, -0.25) is 4.79 Å². The van der Waals surface area contributed by atoms with Crippen molar-refractivity contribution in [2.24, 2.45) is 0 Å². The van der Waals surface area contributed by atoms with Crippen LogP contribution in [0.15, 0.2) is 11.1 Å². The molecule has 0 radical (unpaired) electrons. The van der Waals surface area contributed by atoms with E-state index in [4.69, 9.17) is 18.0 Å². The number of aromatic nitrogens is 2. The monoisotopic (exact) mass is 225 g/mol. The van der Waals surface area contributed by atoms with Crippen molar-refractivity contribution in [3.05, 3.63) is 21.7 Å². The molecule has 5 heteroatoms. The standard InChI is InChI=1S/C10H12ClN3O/c1-3-5-7(4-2)14-9-8(11)10(15)13-6-12-9/h1,6-7H,4-5H2,2H3,(H2,12,13,14,15). The van der Waals surface area contributed by atoms with Gasteiger partial charge in [-0.05, 0) is 6.42 Å². The van der Waals surface area contributed by atoms with Crippen LogP contribution >= 0.6 is 11.6 Å². The molecule has 0 spiro atoms. The molecule has 4 nitrogen and oxygen atoms in total. The van der Waals surface area contributed by atoms with E-state index in [1.165, 1.54) is 6.33 Å². The number of nitrogens with one attached hydrogen (secondary N) is 2. The third-order valence-corrected chi connectivity index (χ3v) is 2.35. The third kappa shape index (κ3) is 3.00. The van der Waals surface area contributed by atoms with Gasteiger partial charge < -0.3 is 10.3 Å². The quantitative estimate of drug-likeness (QED) is 0.766. The number of aromatic amines is 1. The minimum Gasteiger partial charge on any atom is -0.365 e. The summed E-state index contributed by atoms with van der Waals surface area (Å²) in [7, 11) is 0. The van der Waals surface area contributed by atoms with Crippen molar-refractivity contribution in [3.8, 4) is 12.3 Å². The molecule has 1 heterocycles. The highest BCUT2D eigenvalue weighted by atomic mass is 35.5. The van der Waals surface area contributed by atoms with E-state index in [1.54, 1.807) is 0 Å². The van der Waals surface area contributed by atoms with Crippen LogP contribution < -0.4 is 10.9 Å². The molecule has 1 rings (SSSR count). The molecule has 0 saturated heterocycles. The molecule has 0 amide bonds. The zero-order valence-electron chi connectivity index (χ0n) is 8.38. The SMILES string of the molecule is C#CCC(CC)Nc1nc[nH]c(=O)c1Cl. The fraction of sp³-hybridized carbons (Fsp3) is 0.400. The van der Waals surface area contributed by atoms with E-state index in [2.05, 4.69) is 21.2 Å². The molecule has 0 aliphatic heterocycles. The molecule has 2 N–H and O–H groups in total. The molecule has 0 aliphatic carbocycles. The highest BCUT2D eigenvalue weighted by molar-refractivity contribution is 6.32. The van der Waals surface area contributed by atoms with Crippen molar-refractivity contribution in [2.45, 2.75) is 25.8 Å². The van der Waals surface area contributed by atoms with Crippen LogP contribution in [-0.4, -0.2) is 16.0 Å². The Morgan fingerprint density at radius 2 is 2.53 bits per heavy atom. The largest absolute Gasteiger partial charge is 0.365 e. The minimum atomic E-state index is -0.357. The second-order valence-corrected chi connectivity index (χ2v) is 3.43. The van der Waals surface area contributed by atoms with Crippen molar-refractivity contribution in [2.75, 3.05) is 5.32 Å². The molecule has 0 aromatic carbocycles. The van der Waals surface area contributed by atoms with Crippen LogP contribution in [-0.2, 0) is 0 Å². The molecule has 80 valence electrons. The first-order chi connectivity index (χ1) is 7.19. The van der Waals surface area contributed by atoms with Crippen molar-refractivity contribution in [3.63, 3.8) is 0 Å². The van der Waals surface area contributed by atoms with Gasteiger partial charge in [-0.25, -0.2) is 4.98 Å². The fourth-order valence-corrected chi connectivity index (χ4v) is 1.27. The van der Waals surface area contributed by atoms with E-state index in [0.29, 0.717) is 12.2 Å². The van der Waals surface area contributed by atoms with Gasteiger partial charge in [0.25, 0.3) is 5.56 Å². The molecular formula is C10H12ClN3O. The van der Waals surface area contributed by atoms with Crippen LogP contribution in [0, 0.1) is 12.3 Å². The van der Waals surface area contributed by atoms with E-state index in [1.807, 2.05) is 6.92 Å². The highest BCUT2D eigenvalue weighted by Gasteiger charge is 2.10. The van der Waals surface area contributed by atoms with Crippen LogP contribution in [0.25, 0.3) is 0 Å². The number of rotatable bonds is 4. The Morgan fingerprint density at radius 3 is 3.13 bits per heavy atom. The smallest absolute Gasteiger partial charge is 0.271 e. The van der Waals surface area contributed by atoms with Gasteiger partial charge in [0.2, 0.25) is 0 Å². The molecule has 0 bridgehead atoms. The zero-order chi connectivity index (χ0) is 11.3. The second-order valence-electron chi connectivity index (χ2n) is 3.05. The Kier molecular flexibility index (Phi) is 4.19. The Bertz CT molecular complexity index is 421. The molecule has 1 unspecified atom stereocenters. The summed E-state index contributed by atoms with van der Waals surface area (Å²) in [5.74, 6) is 2.93. The van der Waals surface area contributed by atoms with Crippen LogP contribution in [0.5, 0.6) is 0 Å². The van der Waals surface area contributed by atoms with Crippen LogP contribution in [0.4, 0.5) is 5.82 Å². The summed E-state index contributed by atoms with van der Waals surface area (Å²) >= 11 is 5.77. The normalized spacial score (nSPS) is 11.8. The molecule has 1 atom stereocenters. The molecule has 1 aromatic heterocycles. The average molecular weight is 226 g/mol. The number of hydrogen-bond acceptors (Lipinski definition) is 3. The Labute approximate surface area is 93.1 Å². The fourth-order valence-electron chi connectivity index (χ4n) is 1.12. The van der Waals surface area contributed by atoms with E-state index < -0.39 is 0 Å². The van der Waals surface area contributed by atoms with Crippen molar-refractivity contribution >= 4 is 17.4 Å². The Morgan fingerprint density at radius 1 is 1.80 bits per heavy atom. The first-order valence-corrected chi connectivity index (χ1v) is 5.00. The van der Waals surface area contributed by atoms with Gasteiger partial charge in [0.1, 0.15) is 5.02 Å². The number of terminal acetylenes is 1. The highest BCUT2D eigenvalue weighted by Crippen LogP contribution is 2.15. The molecule has 0 saturated carbocycles. The topological polar surface area (TPSA) is 57.8 Å². The summed E-state index contributed by atoms with van der Waals surface area (Å²) in [6.45, 7) is 2.00. The minimum absolute atomic E-state index is 0.0629. The molecular weight excluding hydrogens is 214 g/mol. The van der Waals surface area contributed by atoms with Gasteiger partial charge in [-0.1, -0.05) is 18.5 Å². The lowest BCUT2D eigenvalue weighted by atomic mass is 10.1. The number of anilines is 1. The van der Waals surface area contributed by atoms with E-state index in [9.17, 15) is 4.79 Å². The number of hydrogen-bond donors (Lipinski definition) is 2. The Balaban J connectivity index is 2.84. The summed E-state index contributed by atoms with van der Waals surface area (Å²) in [6, 6.07) is 0.0850. The van der Waals surface area contributed by atoms with Crippen molar-refractivity contribution in [1.29, 1.82) is 0 Å². The lowest BCUT2D eigenvalue weighted by molar-refractivity contribution is 0.711. The maximum absolute atomic E-state index is 11.2. The molecule has 15 heavy (non-hydrogen) atoms. The lowest BCUT2D eigenvalue weighted by Gasteiger charge is -2.14. The molecule has 1 aromatic rings. The summed E-state index contributed by atoms with van der Waals surface area (Å²) in [4.78, 5) is 17.5. The van der Waals surface area contributed by atoms with Gasteiger partial charge >= 0.3 is 0 Å². The lowest BCUT2D eigenvalue weighted by Crippen LogP contribution is -2.21. The predicted molar refractivity (Wildman–Crippen MR) is 61.0 cm³/mol. The molecule has 0 fully saturated rings. The van der Waals surface area contributed by atoms with E-state index >= 15 is 0 Å². The number of H-pyrrole nitrogens is 1. The average Bonchev–Trinajstić information content (AvgIpc) is 2.24. The van der Waals surface area contributed by atoms with Gasteiger partial charge in [0.05, 0.1) is 6.33 Å². The van der Waals surface area contributed by atoms with Crippen LogP contribution in [0.3, 0.4) is 0 Å². The number of halogens is 1. The zero-order valence-corrected chi connectivity index (χ0v) is 9.14. The van der Waals surface area contributed by atoms with Gasteiger partial charge in [-0.15, -0.1) is 12.3 Å². The summed E-state index contributed by atoms with van der Waals surface area (Å²) in [5.41, 5.74) is -0.357. The summed E-state index contributed by atoms with van der Waals surface area (Å²) in [5, 5.41) is 3.10. The van der Waals surface area contributed by atoms with Gasteiger partial charge in [0.15, 0.2) is 5.82 Å². The van der Waals surface area contributed by atoms with Crippen LogP contribution in [0.2, 0.25) is 5.02 Å². The molecule has 0 aliphatic rings. The van der Waals surface area contributed by atoms with Gasteiger partial charge in [-0.2, -0.15) is 0 Å². The summed E-state index contributed by atoms with van der Waals surface area (Å²) in [6.07, 6.45) is 7.93. The maximum atomic E-state index is 11.2. The second kappa shape index (κ2) is 5.42. The van der Waals surface area contributed by atoms with Crippen molar-refractivity contribution in [1.82, 2.24) is 9.97 Å². The predicted octanol–water partition coefficient (Wildman–Crippen LogP) is 1.64. The van der Waals surface area contributed by atoms with E-state index in [0.717, 1.165) is 6.42 Å². The Hall–Kier alpha value is -1.47. The van der Waals surface area contributed by atoms with Crippen LogP contribution in [0.1, 0.15) is 19.8 Å². The first kappa shape index (κ1) is 11.6. The number of nitrogens with zero attached hydrogens (tertiary/aromatic N) is 1. The van der Waals surface area contributed by atoms with Gasteiger partial charge in [0, 0.05) is 12.5 Å².